The topological polar surface area (TPSA) is 71.5 Å². The molecule has 1 aliphatic heterocycles. The molecular formula is C16H23NO4S2. The number of rotatable bonds is 5. The second kappa shape index (κ2) is 6.03. The molecule has 1 heterocycles. The van der Waals surface area contributed by atoms with E-state index in [1.165, 1.54) is 10.4 Å². The first-order chi connectivity index (χ1) is 10.5. The van der Waals surface area contributed by atoms with Gasteiger partial charge < -0.3 is 0 Å². The minimum atomic E-state index is -3.81. The Balaban J connectivity index is 2.57. The van der Waals surface area contributed by atoms with Crippen LogP contribution in [-0.4, -0.2) is 44.7 Å². The molecule has 0 unspecified atom stereocenters. The zero-order chi connectivity index (χ0) is 17.5. The fourth-order valence-electron chi connectivity index (χ4n) is 3.02. The lowest BCUT2D eigenvalue weighted by atomic mass is 10.0. The van der Waals surface area contributed by atoms with Crippen LogP contribution in [0.3, 0.4) is 0 Å². The highest BCUT2D eigenvalue weighted by molar-refractivity contribution is 7.92. The summed E-state index contributed by atoms with van der Waals surface area (Å²) in [6.07, 6.45) is 1.80. The zero-order valence-electron chi connectivity index (χ0n) is 13.7. The number of nitrogens with zero attached hydrogens (tertiary/aromatic N) is 1. The van der Waals surface area contributed by atoms with Gasteiger partial charge in [-0.1, -0.05) is 18.2 Å². The van der Waals surface area contributed by atoms with Crippen molar-refractivity contribution < 1.29 is 16.8 Å². The van der Waals surface area contributed by atoms with E-state index in [-0.39, 0.29) is 22.9 Å². The molecule has 23 heavy (non-hydrogen) atoms. The lowest BCUT2D eigenvalue weighted by Gasteiger charge is -2.36. The van der Waals surface area contributed by atoms with Crippen LogP contribution in [0.25, 0.3) is 0 Å². The quantitative estimate of drug-likeness (QED) is 0.756. The third-order valence-electron chi connectivity index (χ3n) is 4.29. The summed E-state index contributed by atoms with van der Waals surface area (Å²) in [7, 11) is -7.03. The Bertz CT molecular complexity index is 828. The Labute approximate surface area is 139 Å². The monoisotopic (exact) mass is 357 g/mol. The third kappa shape index (κ3) is 3.51. The van der Waals surface area contributed by atoms with E-state index in [2.05, 4.69) is 6.58 Å². The highest BCUT2D eigenvalue weighted by Gasteiger charge is 2.47. The van der Waals surface area contributed by atoms with E-state index >= 15 is 0 Å². The number of sulfone groups is 1. The van der Waals surface area contributed by atoms with Crippen molar-refractivity contribution in [1.82, 2.24) is 4.31 Å². The molecule has 0 aliphatic carbocycles. The molecule has 1 saturated heterocycles. The first-order valence-electron chi connectivity index (χ1n) is 7.43. The maximum absolute atomic E-state index is 13.2. The number of benzene rings is 1. The van der Waals surface area contributed by atoms with Gasteiger partial charge in [-0.15, -0.1) is 6.58 Å². The van der Waals surface area contributed by atoms with E-state index in [0.717, 1.165) is 5.56 Å². The predicted octanol–water partition coefficient (Wildman–Crippen LogP) is 2.06. The second-order valence-electron chi connectivity index (χ2n) is 6.43. The summed E-state index contributed by atoms with van der Waals surface area (Å²) in [5.74, 6) is -0.141. The van der Waals surface area contributed by atoms with Gasteiger partial charge >= 0.3 is 0 Å². The van der Waals surface area contributed by atoms with Gasteiger partial charge in [0.15, 0.2) is 9.84 Å². The normalized spacial score (nSPS) is 24.0. The summed E-state index contributed by atoms with van der Waals surface area (Å²) in [4.78, 5) is 0.227. The lowest BCUT2D eigenvalue weighted by Crippen LogP contribution is -2.50. The van der Waals surface area contributed by atoms with E-state index in [4.69, 9.17) is 0 Å². The van der Waals surface area contributed by atoms with Crippen molar-refractivity contribution in [3.63, 3.8) is 0 Å². The van der Waals surface area contributed by atoms with Gasteiger partial charge in [0.25, 0.3) is 0 Å². The van der Waals surface area contributed by atoms with Gasteiger partial charge in [0, 0.05) is 12.1 Å². The number of aryl methyl sites for hydroxylation is 2. The maximum atomic E-state index is 13.2. The van der Waals surface area contributed by atoms with Crippen LogP contribution in [0.4, 0.5) is 0 Å². The Morgan fingerprint density at radius 3 is 2.52 bits per heavy atom. The number of sulfonamides is 1. The van der Waals surface area contributed by atoms with Gasteiger partial charge in [-0.3, -0.25) is 0 Å². The van der Waals surface area contributed by atoms with Crippen LogP contribution >= 0.6 is 0 Å². The van der Waals surface area contributed by atoms with Crippen molar-refractivity contribution in [3.05, 3.63) is 42.0 Å². The molecule has 128 valence electrons. The van der Waals surface area contributed by atoms with Crippen LogP contribution in [0.15, 0.2) is 35.7 Å². The summed E-state index contributed by atoms with van der Waals surface area (Å²) in [6.45, 7) is 8.99. The Hall–Kier alpha value is -1.18. The summed E-state index contributed by atoms with van der Waals surface area (Å²) < 4.78 is 51.4. The average molecular weight is 357 g/mol. The third-order valence-corrected chi connectivity index (χ3v) is 8.34. The minimum Gasteiger partial charge on any atom is -0.229 e. The van der Waals surface area contributed by atoms with Gasteiger partial charge in [0.05, 0.1) is 16.4 Å². The van der Waals surface area contributed by atoms with Gasteiger partial charge in [0.1, 0.15) is 0 Å². The summed E-state index contributed by atoms with van der Waals surface area (Å²) in [6, 6.07) is 5.25. The van der Waals surface area contributed by atoms with Crippen molar-refractivity contribution in [1.29, 1.82) is 0 Å². The van der Waals surface area contributed by atoms with E-state index in [1.807, 2.05) is 13.0 Å². The van der Waals surface area contributed by atoms with Crippen LogP contribution in [0.2, 0.25) is 0 Å². The summed E-state index contributed by atoms with van der Waals surface area (Å²) in [5.41, 5.74) is 0.549. The SMILES string of the molecule is C=CCN([C@]1(C)CCS(=O)(=O)C1)S(=O)(=O)c1cc(C)ccc1C. The maximum Gasteiger partial charge on any atom is 0.244 e. The fourth-order valence-corrected chi connectivity index (χ4v) is 7.33. The molecule has 0 amide bonds. The van der Waals surface area contributed by atoms with Crippen molar-refractivity contribution in [2.75, 3.05) is 18.1 Å². The summed E-state index contributed by atoms with van der Waals surface area (Å²) >= 11 is 0. The lowest BCUT2D eigenvalue weighted by molar-refractivity contribution is 0.252. The molecule has 1 aromatic rings. The molecule has 0 radical (unpaired) electrons. The first kappa shape index (κ1) is 18.2. The van der Waals surface area contributed by atoms with E-state index in [9.17, 15) is 16.8 Å². The van der Waals surface area contributed by atoms with Gasteiger partial charge in [-0.05, 0) is 44.4 Å². The van der Waals surface area contributed by atoms with Crippen molar-refractivity contribution >= 4 is 19.9 Å². The van der Waals surface area contributed by atoms with Crippen molar-refractivity contribution in [2.24, 2.45) is 0 Å². The largest absolute Gasteiger partial charge is 0.244 e. The molecule has 0 aromatic heterocycles. The van der Waals surface area contributed by atoms with Crippen LogP contribution in [0.1, 0.15) is 24.5 Å². The molecule has 1 fully saturated rings. The molecule has 7 heteroatoms. The average Bonchev–Trinajstić information content (AvgIpc) is 2.73. The van der Waals surface area contributed by atoms with Crippen LogP contribution in [0, 0.1) is 13.8 Å². The second-order valence-corrected chi connectivity index (χ2v) is 10.4. The van der Waals surface area contributed by atoms with Crippen molar-refractivity contribution in [3.8, 4) is 0 Å². The zero-order valence-corrected chi connectivity index (χ0v) is 15.4. The van der Waals surface area contributed by atoms with Crippen LogP contribution < -0.4 is 0 Å². The molecular weight excluding hydrogens is 334 g/mol. The molecule has 1 aliphatic rings. The van der Waals surface area contributed by atoms with Gasteiger partial charge in [-0.25, -0.2) is 16.8 Å². The smallest absolute Gasteiger partial charge is 0.229 e. The van der Waals surface area contributed by atoms with Crippen LogP contribution in [-0.2, 0) is 19.9 Å². The Kier molecular flexibility index (Phi) is 4.76. The summed E-state index contributed by atoms with van der Waals surface area (Å²) in [5, 5.41) is 0. The molecule has 5 nitrogen and oxygen atoms in total. The molecule has 0 N–H and O–H groups in total. The Morgan fingerprint density at radius 1 is 1.35 bits per heavy atom. The van der Waals surface area contributed by atoms with E-state index in [1.54, 1.807) is 26.0 Å². The number of hydrogen-bond donors (Lipinski definition) is 0. The minimum absolute atomic E-state index is 0.0134. The standard InChI is InChI=1S/C16H23NO4S2/c1-5-9-17(16(4)8-10-22(18,19)12-16)23(20,21)15-11-13(2)6-7-14(15)3/h5-7,11H,1,8-10,12H2,2-4H3/t16-/m1/s1. The molecule has 2 rings (SSSR count). The van der Waals surface area contributed by atoms with Crippen molar-refractivity contribution in [2.45, 2.75) is 37.6 Å². The number of hydrogen-bond acceptors (Lipinski definition) is 4. The van der Waals surface area contributed by atoms with E-state index in [0.29, 0.717) is 12.0 Å². The highest BCUT2D eigenvalue weighted by Crippen LogP contribution is 2.34. The van der Waals surface area contributed by atoms with Gasteiger partial charge in [-0.2, -0.15) is 4.31 Å². The molecule has 0 spiro atoms. The Morgan fingerprint density at radius 2 is 2.00 bits per heavy atom. The molecule has 1 atom stereocenters. The molecule has 1 aromatic carbocycles. The van der Waals surface area contributed by atoms with Gasteiger partial charge in [0.2, 0.25) is 10.0 Å². The first-order valence-corrected chi connectivity index (χ1v) is 10.7. The fraction of sp³-hybridized carbons (Fsp3) is 0.500. The molecule has 0 saturated carbocycles. The van der Waals surface area contributed by atoms with Crippen LogP contribution in [0.5, 0.6) is 0 Å². The highest BCUT2D eigenvalue weighted by atomic mass is 32.2. The molecule has 0 bridgehead atoms. The van der Waals surface area contributed by atoms with E-state index < -0.39 is 25.4 Å². The predicted molar refractivity (Wildman–Crippen MR) is 91.7 cm³/mol.